The number of amides is 1. The molecule has 1 aromatic carbocycles. The number of nitrogens with one attached hydrogen (secondary N) is 1. The molecule has 0 atom stereocenters. The van der Waals surface area contributed by atoms with Gasteiger partial charge in [0, 0.05) is 6.92 Å². The average molecular weight is 252 g/mol. The summed E-state index contributed by atoms with van der Waals surface area (Å²) in [4.78, 5) is 9.94. The second-order valence-electron chi connectivity index (χ2n) is 2.71. The second kappa shape index (κ2) is 4.16. The van der Waals surface area contributed by atoms with Gasteiger partial charge < -0.3 is 0 Å². The lowest BCUT2D eigenvalue weighted by Gasteiger charge is -2.06. The van der Waals surface area contributed by atoms with E-state index in [9.17, 15) is 17.6 Å². The summed E-state index contributed by atoms with van der Waals surface area (Å²) < 4.78 is 37.7. The molecule has 0 aliphatic rings. The minimum absolute atomic E-state index is 0.318. The van der Waals surface area contributed by atoms with Gasteiger partial charge in [0.1, 0.15) is 4.90 Å². The Kier molecular flexibility index (Phi) is 3.31. The molecule has 1 amide bonds. The topological polar surface area (TPSA) is 63.2 Å². The summed E-state index contributed by atoms with van der Waals surface area (Å²) in [7, 11) is -4.17. The molecule has 0 unspecified atom stereocenters. The molecule has 15 heavy (non-hydrogen) atoms. The fourth-order valence-corrected chi connectivity index (χ4v) is 2.26. The van der Waals surface area contributed by atoms with Crippen molar-refractivity contribution in [3.63, 3.8) is 0 Å². The van der Waals surface area contributed by atoms with Crippen molar-refractivity contribution in [2.45, 2.75) is 11.8 Å². The van der Waals surface area contributed by atoms with Gasteiger partial charge in [-0.05, 0) is 12.1 Å². The van der Waals surface area contributed by atoms with E-state index in [1.54, 1.807) is 4.72 Å². The maximum absolute atomic E-state index is 13.3. The lowest BCUT2D eigenvalue weighted by Crippen LogP contribution is -2.28. The van der Waals surface area contributed by atoms with Crippen LogP contribution in [0.5, 0.6) is 0 Å². The Bertz CT molecular complexity index is 501. The van der Waals surface area contributed by atoms with Gasteiger partial charge in [-0.3, -0.25) is 4.79 Å². The van der Waals surface area contributed by atoms with Crippen molar-refractivity contribution in [2.75, 3.05) is 0 Å². The number of halogens is 2. The molecule has 0 bridgehead atoms. The van der Waals surface area contributed by atoms with Crippen LogP contribution in [-0.2, 0) is 14.8 Å². The number of rotatable bonds is 2. The van der Waals surface area contributed by atoms with Gasteiger partial charge in [0.05, 0.1) is 5.02 Å². The summed E-state index contributed by atoms with van der Waals surface area (Å²) in [6, 6.07) is 3.51. The molecule has 0 aliphatic heterocycles. The maximum Gasteiger partial charge on any atom is 0.267 e. The van der Waals surface area contributed by atoms with Gasteiger partial charge >= 0.3 is 0 Å². The zero-order chi connectivity index (χ0) is 11.6. The Morgan fingerprint density at radius 2 is 2.07 bits per heavy atom. The third-order valence-corrected chi connectivity index (χ3v) is 3.23. The molecule has 1 rings (SSSR count). The lowest BCUT2D eigenvalue weighted by atomic mass is 10.3. The molecular weight excluding hydrogens is 245 g/mol. The normalized spacial score (nSPS) is 11.1. The largest absolute Gasteiger partial charge is 0.274 e. The van der Waals surface area contributed by atoms with Gasteiger partial charge in [-0.1, -0.05) is 17.7 Å². The van der Waals surface area contributed by atoms with Crippen LogP contribution in [-0.4, -0.2) is 14.3 Å². The molecule has 1 aromatic rings. The molecule has 7 heteroatoms. The Hall–Kier alpha value is -1.14. The van der Waals surface area contributed by atoms with Crippen LogP contribution >= 0.6 is 11.6 Å². The number of hydrogen-bond acceptors (Lipinski definition) is 3. The van der Waals surface area contributed by atoms with Crippen LogP contribution in [0.1, 0.15) is 6.92 Å². The first-order valence-corrected chi connectivity index (χ1v) is 5.68. The predicted molar refractivity (Wildman–Crippen MR) is 52.4 cm³/mol. The molecule has 0 aliphatic carbocycles. The smallest absolute Gasteiger partial charge is 0.267 e. The highest BCUT2D eigenvalue weighted by atomic mass is 35.5. The summed E-state index contributed by atoms with van der Waals surface area (Å²) >= 11 is 5.40. The summed E-state index contributed by atoms with van der Waals surface area (Å²) in [5, 5.41) is -0.318. The Balaban J connectivity index is 3.28. The summed E-state index contributed by atoms with van der Waals surface area (Å²) in [5.74, 6) is -1.87. The highest BCUT2D eigenvalue weighted by molar-refractivity contribution is 7.90. The fourth-order valence-electron chi connectivity index (χ4n) is 0.936. The second-order valence-corrected chi connectivity index (χ2v) is 4.77. The number of sulfonamides is 1. The third kappa shape index (κ3) is 2.66. The van der Waals surface area contributed by atoms with E-state index in [1.807, 2.05) is 0 Å². The van der Waals surface area contributed by atoms with E-state index in [1.165, 1.54) is 12.1 Å². The minimum atomic E-state index is -4.17. The first-order valence-electron chi connectivity index (χ1n) is 3.82. The van der Waals surface area contributed by atoms with E-state index in [-0.39, 0.29) is 5.02 Å². The Morgan fingerprint density at radius 3 is 2.60 bits per heavy atom. The van der Waals surface area contributed by atoms with E-state index in [0.717, 1.165) is 13.0 Å². The number of carbonyl (C=O) groups is 1. The van der Waals surface area contributed by atoms with Crippen molar-refractivity contribution in [1.29, 1.82) is 0 Å². The van der Waals surface area contributed by atoms with Crippen molar-refractivity contribution < 1.29 is 17.6 Å². The highest BCUT2D eigenvalue weighted by Crippen LogP contribution is 2.21. The quantitative estimate of drug-likeness (QED) is 0.862. The van der Waals surface area contributed by atoms with E-state index in [0.29, 0.717) is 0 Å². The predicted octanol–water partition coefficient (Wildman–Crippen LogP) is 1.30. The molecule has 0 spiro atoms. The minimum Gasteiger partial charge on any atom is -0.274 e. The van der Waals surface area contributed by atoms with Crippen LogP contribution < -0.4 is 4.72 Å². The van der Waals surface area contributed by atoms with E-state index in [2.05, 4.69) is 0 Å². The van der Waals surface area contributed by atoms with Crippen LogP contribution in [0.3, 0.4) is 0 Å². The van der Waals surface area contributed by atoms with Crippen molar-refractivity contribution in [1.82, 2.24) is 4.72 Å². The summed E-state index contributed by atoms with van der Waals surface area (Å²) in [5.41, 5.74) is 0. The molecule has 4 nitrogen and oxygen atoms in total. The summed E-state index contributed by atoms with van der Waals surface area (Å²) in [6.45, 7) is 1.01. The Labute approximate surface area is 91.1 Å². The average Bonchev–Trinajstić information content (AvgIpc) is 2.07. The molecule has 0 saturated carbocycles. The van der Waals surface area contributed by atoms with E-state index < -0.39 is 26.6 Å². The first-order chi connectivity index (χ1) is 6.84. The SMILES string of the molecule is CC(=O)NS(=O)(=O)c1cccc(Cl)c1F. The standard InChI is InChI=1S/C8H7ClFNO3S/c1-5(12)11-15(13,14)7-4-2-3-6(9)8(7)10/h2-4H,1H3,(H,11,12). The van der Waals surface area contributed by atoms with Crippen LogP contribution in [0.2, 0.25) is 5.02 Å². The number of benzene rings is 1. The first kappa shape index (κ1) is 11.9. The Morgan fingerprint density at radius 1 is 1.47 bits per heavy atom. The zero-order valence-corrected chi connectivity index (χ0v) is 9.19. The van der Waals surface area contributed by atoms with Gasteiger partial charge in [-0.25, -0.2) is 17.5 Å². The molecule has 0 fully saturated rings. The van der Waals surface area contributed by atoms with Crippen LogP contribution in [0.4, 0.5) is 4.39 Å². The molecule has 0 radical (unpaired) electrons. The lowest BCUT2D eigenvalue weighted by molar-refractivity contribution is -0.117. The fraction of sp³-hybridized carbons (Fsp3) is 0.125. The molecular formula is C8H7ClFNO3S. The van der Waals surface area contributed by atoms with Gasteiger partial charge in [0.25, 0.3) is 10.0 Å². The summed E-state index contributed by atoms with van der Waals surface area (Å²) in [6.07, 6.45) is 0. The molecule has 82 valence electrons. The molecule has 0 saturated heterocycles. The van der Waals surface area contributed by atoms with Crippen molar-refractivity contribution in [3.05, 3.63) is 29.0 Å². The third-order valence-electron chi connectivity index (χ3n) is 1.48. The van der Waals surface area contributed by atoms with Crippen molar-refractivity contribution in [2.24, 2.45) is 0 Å². The van der Waals surface area contributed by atoms with Gasteiger partial charge in [0.15, 0.2) is 5.82 Å². The van der Waals surface area contributed by atoms with Gasteiger partial charge in [-0.2, -0.15) is 0 Å². The van der Waals surface area contributed by atoms with Crippen LogP contribution in [0.15, 0.2) is 23.1 Å². The van der Waals surface area contributed by atoms with Crippen LogP contribution in [0.25, 0.3) is 0 Å². The number of hydrogen-bond donors (Lipinski definition) is 1. The van der Waals surface area contributed by atoms with Gasteiger partial charge in [0.2, 0.25) is 5.91 Å². The van der Waals surface area contributed by atoms with Crippen molar-refractivity contribution in [3.8, 4) is 0 Å². The zero-order valence-electron chi connectivity index (χ0n) is 7.62. The molecule has 0 heterocycles. The van der Waals surface area contributed by atoms with Gasteiger partial charge in [-0.15, -0.1) is 0 Å². The van der Waals surface area contributed by atoms with E-state index >= 15 is 0 Å². The maximum atomic E-state index is 13.3. The number of carbonyl (C=O) groups excluding carboxylic acids is 1. The van der Waals surface area contributed by atoms with Crippen LogP contribution in [0, 0.1) is 5.82 Å². The molecule has 0 aromatic heterocycles. The molecule has 1 N–H and O–H groups in total. The monoisotopic (exact) mass is 251 g/mol. The van der Waals surface area contributed by atoms with Crippen molar-refractivity contribution >= 4 is 27.5 Å². The van der Waals surface area contributed by atoms with E-state index in [4.69, 9.17) is 11.6 Å². The highest BCUT2D eigenvalue weighted by Gasteiger charge is 2.21.